The molecule has 0 aliphatic carbocycles. The SMILES string of the molecule is Cc1cc(C)n(-c2ncnc(Nc3ccc(F)cc3)c2[N+](=O)[O-])n1. The minimum atomic E-state index is -0.572. The smallest absolute Gasteiger partial charge is 0.334 e. The van der Waals surface area contributed by atoms with Crippen LogP contribution in [0.25, 0.3) is 5.82 Å². The van der Waals surface area contributed by atoms with Crippen LogP contribution >= 0.6 is 0 Å². The van der Waals surface area contributed by atoms with Gasteiger partial charge in [-0.1, -0.05) is 0 Å². The van der Waals surface area contributed by atoms with Crippen LogP contribution in [0.3, 0.4) is 0 Å². The van der Waals surface area contributed by atoms with Crippen molar-refractivity contribution in [2.45, 2.75) is 13.8 Å². The van der Waals surface area contributed by atoms with E-state index in [0.29, 0.717) is 17.1 Å². The number of anilines is 2. The summed E-state index contributed by atoms with van der Waals surface area (Å²) in [6.07, 6.45) is 1.21. The fourth-order valence-corrected chi connectivity index (χ4v) is 2.30. The van der Waals surface area contributed by atoms with Gasteiger partial charge in [-0.25, -0.2) is 19.0 Å². The van der Waals surface area contributed by atoms with Crippen LogP contribution in [0.5, 0.6) is 0 Å². The van der Waals surface area contributed by atoms with Crippen molar-refractivity contribution < 1.29 is 9.31 Å². The van der Waals surface area contributed by atoms with E-state index in [-0.39, 0.29) is 17.3 Å². The van der Waals surface area contributed by atoms with Crippen LogP contribution < -0.4 is 5.32 Å². The molecule has 3 rings (SSSR count). The van der Waals surface area contributed by atoms with Crippen LogP contribution in [0, 0.1) is 29.8 Å². The minimum Gasteiger partial charge on any atom is -0.334 e. The van der Waals surface area contributed by atoms with Crippen LogP contribution in [0.1, 0.15) is 11.4 Å². The summed E-state index contributed by atoms with van der Waals surface area (Å²) >= 11 is 0. The zero-order valence-electron chi connectivity index (χ0n) is 12.9. The molecule has 1 N–H and O–H groups in total. The molecular weight excluding hydrogens is 315 g/mol. The Morgan fingerprint density at radius 1 is 1.21 bits per heavy atom. The fraction of sp³-hybridized carbons (Fsp3) is 0.133. The van der Waals surface area contributed by atoms with E-state index >= 15 is 0 Å². The van der Waals surface area contributed by atoms with Crippen molar-refractivity contribution in [2.24, 2.45) is 0 Å². The van der Waals surface area contributed by atoms with Crippen LogP contribution in [-0.4, -0.2) is 24.7 Å². The monoisotopic (exact) mass is 328 g/mol. The normalized spacial score (nSPS) is 10.6. The molecule has 9 heteroatoms. The first-order chi connectivity index (χ1) is 11.5. The number of hydrogen-bond donors (Lipinski definition) is 1. The summed E-state index contributed by atoms with van der Waals surface area (Å²) in [7, 11) is 0. The Labute approximate surface area is 136 Å². The lowest BCUT2D eigenvalue weighted by atomic mass is 10.3. The molecule has 0 bridgehead atoms. The van der Waals surface area contributed by atoms with Gasteiger partial charge in [0.15, 0.2) is 0 Å². The molecule has 1 aromatic carbocycles. The summed E-state index contributed by atoms with van der Waals surface area (Å²) in [5, 5.41) is 18.6. The molecule has 2 heterocycles. The molecule has 0 spiro atoms. The van der Waals surface area contributed by atoms with Gasteiger partial charge in [-0.3, -0.25) is 10.1 Å². The van der Waals surface area contributed by atoms with Gasteiger partial charge in [-0.15, -0.1) is 0 Å². The summed E-state index contributed by atoms with van der Waals surface area (Å²) < 4.78 is 14.4. The number of nitrogens with one attached hydrogen (secondary N) is 1. The topological polar surface area (TPSA) is 98.8 Å². The number of halogens is 1. The van der Waals surface area contributed by atoms with Gasteiger partial charge in [0, 0.05) is 11.4 Å². The van der Waals surface area contributed by atoms with Gasteiger partial charge in [0.25, 0.3) is 0 Å². The quantitative estimate of drug-likeness (QED) is 0.584. The van der Waals surface area contributed by atoms with Gasteiger partial charge in [0.2, 0.25) is 11.6 Å². The lowest BCUT2D eigenvalue weighted by Crippen LogP contribution is -2.09. The molecule has 0 atom stereocenters. The zero-order valence-corrected chi connectivity index (χ0v) is 12.9. The van der Waals surface area contributed by atoms with Crippen LogP contribution in [0.4, 0.5) is 21.6 Å². The van der Waals surface area contributed by atoms with E-state index in [9.17, 15) is 14.5 Å². The second-order valence-electron chi connectivity index (χ2n) is 5.12. The predicted molar refractivity (Wildman–Crippen MR) is 85.0 cm³/mol. The van der Waals surface area contributed by atoms with Crippen LogP contribution in [-0.2, 0) is 0 Å². The summed E-state index contributed by atoms with van der Waals surface area (Å²) in [5.41, 5.74) is 1.58. The lowest BCUT2D eigenvalue weighted by molar-refractivity contribution is -0.384. The Kier molecular flexibility index (Phi) is 3.90. The lowest BCUT2D eigenvalue weighted by Gasteiger charge is -2.09. The average molecular weight is 328 g/mol. The molecule has 8 nitrogen and oxygen atoms in total. The highest BCUT2D eigenvalue weighted by Gasteiger charge is 2.26. The third kappa shape index (κ3) is 2.91. The number of nitro groups is 1. The van der Waals surface area contributed by atoms with E-state index in [1.807, 2.05) is 0 Å². The maximum Gasteiger partial charge on any atom is 0.355 e. The summed E-state index contributed by atoms with van der Waals surface area (Å²) in [6, 6.07) is 7.21. The molecule has 0 unspecified atom stereocenters. The Morgan fingerprint density at radius 2 is 1.92 bits per heavy atom. The number of aryl methyl sites for hydroxylation is 2. The van der Waals surface area contributed by atoms with Gasteiger partial charge in [-0.2, -0.15) is 5.10 Å². The van der Waals surface area contributed by atoms with Gasteiger partial charge >= 0.3 is 5.69 Å². The number of nitrogens with zero attached hydrogens (tertiary/aromatic N) is 5. The summed E-state index contributed by atoms with van der Waals surface area (Å²) in [5.74, 6) is -0.338. The zero-order chi connectivity index (χ0) is 17.3. The maximum absolute atomic E-state index is 13.0. The van der Waals surface area contributed by atoms with Crippen molar-refractivity contribution in [3.63, 3.8) is 0 Å². The number of benzene rings is 1. The first-order valence-electron chi connectivity index (χ1n) is 7.01. The van der Waals surface area contributed by atoms with Gasteiger partial charge in [-0.05, 0) is 44.2 Å². The maximum atomic E-state index is 13.0. The van der Waals surface area contributed by atoms with Gasteiger partial charge < -0.3 is 5.32 Å². The first-order valence-corrected chi connectivity index (χ1v) is 7.01. The molecule has 24 heavy (non-hydrogen) atoms. The number of hydrogen-bond acceptors (Lipinski definition) is 6. The van der Waals surface area contributed by atoms with Crippen molar-refractivity contribution >= 4 is 17.2 Å². The second kappa shape index (κ2) is 6.03. The van der Waals surface area contributed by atoms with Crippen LogP contribution in [0.15, 0.2) is 36.7 Å². The van der Waals surface area contributed by atoms with Crippen molar-refractivity contribution in [3.05, 3.63) is 64.0 Å². The fourth-order valence-electron chi connectivity index (χ4n) is 2.30. The third-order valence-corrected chi connectivity index (χ3v) is 3.30. The molecule has 0 saturated carbocycles. The van der Waals surface area contributed by atoms with E-state index in [4.69, 9.17) is 0 Å². The molecule has 0 amide bonds. The minimum absolute atomic E-state index is 0.00385. The molecule has 0 radical (unpaired) electrons. The van der Waals surface area contributed by atoms with Crippen molar-refractivity contribution in [1.82, 2.24) is 19.7 Å². The Bertz CT molecular complexity index is 907. The van der Waals surface area contributed by atoms with Gasteiger partial charge in [0.05, 0.1) is 10.6 Å². The highest BCUT2D eigenvalue weighted by molar-refractivity contribution is 5.70. The molecule has 122 valence electrons. The van der Waals surface area contributed by atoms with E-state index in [2.05, 4.69) is 20.4 Å². The van der Waals surface area contributed by atoms with E-state index < -0.39 is 10.7 Å². The highest BCUT2D eigenvalue weighted by Crippen LogP contribution is 2.30. The predicted octanol–water partition coefficient (Wildman–Crippen LogP) is 3.07. The Hall–Kier alpha value is -3.36. The van der Waals surface area contributed by atoms with Gasteiger partial charge in [0.1, 0.15) is 12.1 Å². The van der Waals surface area contributed by atoms with E-state index in [1.54, 1.807) is 19.9 Å². The standard InChI is InChI=1S/C15H13FN6O2/c1-9-7-10(2)21(20-9)15-13(22(23)24)14(17-8-18-15)19-12-5-3-11(16)4-6-12/h3-8H,1-2H3,(H,17,18,19). The largest absolute Gasteiger partial charge is 0.355 e. The molecule has 3 aromatic rings. The first kappa shape index (κ1) is 15.5. The Balaban J connectivity index is 2.10. The molecule has 2 aromatic heterocycles. The van der Waals surface area contributed by atoms with Crippen LogP contribution in [0.2, 0.25) is 0 Å². The highest BCUT2D eigenvalue weighted by atomic mass is 19.1. The van der Waals surface area contributed by atoms with E-state index in [1.165, 1.54) is 35.3 Å². The summed E-state index contributed by atoms with van der Waals surface area (Å²) in [6.45, 7) is 3.56. The average Bonchev–Trinajstić information content (AvgIpc) is 2.87. The summed E-state index contributed by atoms with van der Waals surface area (Å²) in [4.78, 5) is 18.9. The third-order valence-electron chi connectivity index (χ3n) is 3.30. The molecule has 0 saturated heterocycles. The second-order valence-corrected chi connectivity index (χ2v) is 5.12. The Morgan fingerprint density at radius 3 is 2.50 bits per heavy atom. The molecular formula is C15H13FN6O2. The number of rotatable bonds is 4. The molecule has 0 fully saturated rings. The molecule has 0 aliphatic heterocycles. The van der Waals surface area contributed by atoms with Crippen molar-refractivity contribution in [2.75, 3.05) is 5.32 Å². The van der Waals surface area contributed by atoms with E-state index in [0.717, 1.165) is 0 Å². The number of aromatic nitrogens is 4. The molecule has 0 aliphatic rings. The van der Waals surface area contributed by atoms with Crippen molar-refractivity contribution in [3.8, 4) is 5.82 Å². The van der Waals surface area contributed by atoms with Crippen molar-refractivity contribution in [1.29, 1.82) is 0 Å².